The van der Waals surface area contributed by atoms with Gasteiger partial charge in [-0.2, -0.15) is 13.2 Å². The highest BCUT2D eigenvalue weighted by atomic mass is 19.4. The highest BCUT2D eigenvalue weighted by molar-refractivity contribution is 5.60. The first-order chi connectivity index (χ1) is 14.0. The topological polar surface area (TPSA) is 57.7 Å². The fourth-order valence-electron chi connectivity index (χ4n) is 3.69. The van der Waals surface area contributed by atoms with Crippen molar-refractivity contribution >= 4 is 0 Å². The number of nitrogens with one attached hydrogen (secondary N) is 1. The van der Waals surface area contributed by atoms with Crippen LogP contribution in [0.5, 0.6) is 0 Å². The van der Waals surface area contributed by atoms with Gasteiger partial charge in [-0.05, 0) is 31.8 Å². The maximum Gasteiger partial charge on any atom is 0.401 e. The van der Waals surface area contributed by atoms with Crippen LogP contribution < -0.4 is 0 Å². The second-order valence-corrected chi connectivity index (χ2v) is 7.43. The number of aromatic nitrogens is 4. The smallest absolute Gasteiger partial charge is 0.348 e. The number of hydrogen-bond acceptors (Lipinski definition) is 4. The van der Waals surface area contributed by atoms with E-state index in [1.807, 2.05) is 36.5 Å². The summed E-state index contributed by atoms with van der Waals surface area (Å²) in [6, 6.07) is 9.76. The Hall–Kier alpha value is -2.74. The monoisotopic (exact) mass is 401 g/mol. The van der Waals surface area contributed by atoms with E-state index >= 15 is 0 Å². The molecule has 0 aliphatic carbocycles. The Morgan fingerprint density at radius 3 is 2.34 bits per heavy atom. The lowest BCUT2D eigenvalue weighted by Gasteiger charge is -2.32. The summed E-state index contributed by atoms with van der Waals surface area (Å²) >= 11 is 0. The summed E-state index contributed by atoms with van der Waals surface area (Å²) < 4.78 is 37.5. The number of nitrogens with zero attached hydrogens (tertiary/aromatic N) is 4. The summed E-state index contributed by atoms with van der Waals surface area (Å²) in [5.74, 6) is 1.85. The average Bonchev–Trinajstić information content (AvgIpc) is 3.18. The van der Waals surface area contributed by atoms with Crippen molar-refractivity contribution in [3.63, 3.8) is 0 Å². The Morgan fingerprint density at radius 2 is 1.69 bits per heavy atom. The maximum absolute atomic E-state index is 12.5. The van der Waals surface area contributed by atoms with Crippen molar-refractivity contribution in [3.8, 4) is 22.6 Å². The molecule has 0 radical (unpaired) electrons. The van der Waals surface area contributed by atoms with Crippen molar-refractivity contribution in [1.82, 2.24) is 24.8 Å². The molecule has 0 amide bonds. The number of piperidine rings is 1. The van der Waals surface area contributed by atoms with Gasteiger partial charge < -0.3 is 4.98 Å². The van der Waals surface area contributed by atoms with Gasteiger partial charge in [0.2, 0.25) is 0 Å². The second-order valence-electron chi connectivity index (χ2n) is 7.43. The van der Waals surface area contributed by atoms with Gasteiger partial charge in [0.05, 0.1) is 12.2 Å². The molecule has 1 aliphatic rings. The highest BCUT2D eigenvalue weighted by Gasteiger charge is 2.32. The van der Waals surface area contributed by atoms with Gasteiger partial charge in [0.1, 0.15) is 5.82 Å². The first-order valence-electron chi connectivity index (χ1n) is 9.67. The molecule has 8 heteroatoms. The lowest BCUT2D eigenvalue weighted by molar-refractivity contribution is -0.148. The van der Waals surface area contributed by atoms with Crippen LogP contribution in [0.4, 0.5) is 13.2 Å². The van der Waals surface area contributed by atoms with Gasteiger partial charge >= 0.3 is 6.18 Å². The van der Waals surface area contributed by atoms with E-state index in [2.05, 4.69) is 19.9 Å². The first kappa shape index (κ1) is 19.6. The predicted octanol–water partition coefficient (Wildman–Crippen LogP) is 4.35. The number of likely N-dealkylation sites (tertiary alicyclic amines) is 1. The molecule has 3 heterocycles. The Balaban J connectivity index is 1.34. The molecule has 29 heavy (non-hydrogen) atoms. The third kappa shape index (κ3) is 5.20. The van der Waals surface area contributed by atoms with Gasteiger partial charge in [0.15, 0.2) is 5.82 Å². The molecule has 1 aliphatic heterocycles. The third-order valence-electron chi connectivity index (χ3n) is 5.20. The van der Waals surface area contributed by atoms with Crippen LogP contribution >= 0.6 is 0 Å². The van der Waals surface area contributed by atoms with Crippen molar-refractivity contribution in [2.45, 2.75) is 25.4 Å². The van der Waals surface area contributed by atoms with Gasteiger partial charge in [-0.15, -0.1) is 0 Å². The first-order valence-corrected chi connectivity index (χ1v) is 9.67. The van der Waals surface area contributed by atoms with Crippen LogP contribution in [0.25, 0.3) is 22.6 Å². The van der Waals surface area contributed by atoms with Crippen LogP contribution in [0.15, 0.2) is 48.9 Å². The van der Waals surface area contributed by atoms with E-state index in [1.54, 1.807) is 12.4 Å². The van der Waals surface area contributed by atoms with Gasteiger partial charge in [0.25, 0.3) is 0 Å². The molecule has 4 rings (SSSR count). The molecule has 0 bridgehead atoms. The van der Waals surface area contributed by atoms with Crippen molar-refractivity contribution in [1.29, 1.82) is 0 Å². The van der Waals surface area contributed by atoms with Crippen molar-refractivity contribution < 1.29 is 13.2 Å². The molecule has 0 unspecified atom stereocenters. The molecule has 0 spiro atoms. The summed E-state index contributed by atoms with van der Waals surface area (Å²) in [4.78, 5) is 18.1. The molecule has 0 atom stereocenters. The van der Waals surface area contributed by atoms with Crippen LogP contribution in [0.1, 0.15) is 18.7 Å². The normalized spacial score (nSPS) is 16.2. The molecule has 1 N–H and O–H groups in total. The molecule has 5 nitrogen and oxygen atoms in total. The number of H-pyrrole nitrogens is 1. The molecule has 2 aromatic heterocycles. The molecule has 152 valence electrons. The van der Waals surface area contributed by atoms with Crippen molar-refractivity contribution in [2.24, 2.45) is 5.92 Å². The molecule has 0 saturated carbocycles. The lowest BCUT2D eigenvalue weighted by atomic mass is 9.93. The van der Waals surface area contributed by atoms with Gasteiger partial charge in [-0.25, -0.2) is 15.0 Å². The number of imidazole rings is 1. The quantitative estimate of drug-likeness (QED) is 0.691. The molecule has 1 aromatic carbocycles. The summed E-state index contributed by atoms with van der Waals surface area (Å²) in [6.45, 7) is 0.142. The summed E-state index contributed by atoms with van der Waals surface area (Å²) in [5, 5.41) is 0. The average molecular weight is 401 g/mol. The van der Waals surface area contributed by atoms with Crippen LogP contribution in [0, 0.1) is 5.92 Å². The SMILES string of the molecule is FC(F)(F)CN1CCC(Cc2nc(-c3cnc(-c4ccccc4)nc3)c[nH]2)CC1. The summed E-state index contributed by atoms with van der Waals surface area (Å²) in [6.07, 6.45) is 3.45. The molecular weight excluding hydrogens is 379 g/mol. The Labute approximate surface area is 167 Å². The van der Waals surface area contributed by atoms with Gasteiger partial charge in [0, 0.05) is 36.1 Å². The van der Waals surface area contributed by atoms with Crippen LogP contribution in [0.3, 0.4) is 0 Å². The van der Waals surface area contributed by atoms with E-state index in [-0.39, 0.29) is 0 Å². The lowest BCUT2D eigenvalue weighted by Crippen LogP contribution is -2.40. The fourth-order valence-corrected chi connectivity index (χ4v) is 3.69. The van der Waals surface area contributed by atoms with Crippen LogP contribution in [-0.2, 0) is 6.42 Å². The Kier molecular flexibility index (Phi) is 5.62. The third-order valence-corrected chi connectivity index (χ3v) is 5.20. The molecular formula is C21H22F3N5. The minimum absolute atomic E-state index is 0.343. The number of rotatable bonds is 5. The predicted molar refractivity (Wildman–Crippen MR) is 104 cm³/mol. The Morgan fingerprint density at radius 1 is 1.00 bits per heavy atom. The van der Waals surface area contributed by atoms with E-state index in [0.29, 0.717) is 24.8 Å². The van der Waals surface area contributed by atoms with E-state index in [1.165, 1.54) is 4.90 Å². The number of hydrogen-bond donors (Lipinski definition) is 1. The van der Waals surface area contributed by atoms with Crippen molar-refractivity contribution in [2.75, 3.05) is 19.6 Å². The minimum Gasteiger partial charge on any atom is -0.348 e. The zero-order valence-corrected chi connectivity index (χ0v) is 15.9. The van der Waals surface area contributed by atoms with Gasteiger partial charge in [-0.3, -0.25) is 4.90 Å². The number of aromatic amines is 1. The van der Waals surface area contributed by atoms with Crippen LogP contribution in [0.2, 0.25) is 0 Å². The summed E-state index contributed by atoms with van der Waals surface area (Å²) in [7, 11) is 0. The van der Waals surface area contributed by atoms with Crippen molar-refractivity contribution in [3.05, 3.63) is 54.7 Å². The number of benzene rings is 1. The molecule has 3 aromatic rings. The largest absolute Gasteiger partial charge is 0.401 e. The maximum atomic E-state index is 12.5. The summed E-state index contributed by atoms with van der Waals surface area (Å²) in [5.41, 5.74) is 2.56. The second kappa shape index (κ2) is 8.32. The highest BCUT2D eigenvalue weighted by Crippen LogP contribution is 2.25. The van der Waals surface area contributed by atoms with E-state index in [9.17, 15) is 13.2 Å². The zero-order valence-electron chi connectivity index (χ0n) is 15.9. The van der Waals surface area contributed by atoms with E-state index in [0.717, 1.165) is 41.9 Å². The standard InChI is InChI=1S/C21H22F3N5/c22-21(23,24)14-29-8-6-15(7-9-29)10-19-25-13-18(28-19)17-11-26-20(27-12-17)16-4-2-1-3-5-16/h1-5,11-13,15H,6-10,14H2,(H,25,28). The zero-order chi connectivity index (χ0) is 20.3. The minimum atomic E-state index is -4.12. The van der Waals surface area contributed by atoms with E-state index < -0.39 is 12.7 Å². The number of halogens is 3. The number of alkyl halides is 3. The molecule has 1 saturated heterocycles. The van der Waals surface area contributed by atoms with Crippen LogP contribution in [-0.4, -0.2) is 50.6 Å². The van der Waals surface area contributed by atoms with Gasteiger partial charge in [-0.1, -0.05) is 30.3 Å². The fraction of sp³-hybridized carbons (Fsp3) is 0.381. The Bertz CT molecular complexity index is 913. The van der Waals surface area contributed by atoms with E-state index in [4.69, 9.17) is 0 Å². The molecule has 1 fully saturated rings.